The van der Waals surface area contributed by atoms with Crippen molar-refractivity contribution in [1.82, 2.24) is 19.2 Å². The zero-order valence-corrected chi connectivity index (χ0v) is 18.3. The van der Waals surface area contributed by atoms with Crippen molar-refractivity contribution in [1.29, 1.82) is 0 Å². The molecule has 2 aromatic carbocycles. The first kappa shape index (κ1) is 21.2. The number of rotatable bonds is 6. The van der Waals surface area contributed by atoms with Gasteiger partial charge in [0.05, 0.1) is 37.8 Å². The number of fused-ring (bicyclic) bond motifs is 3. The van der Waals surface area contributed by atoms with Gasteiger partial charge in [-0.15, -0.1) is 10.2 Å². The van der Waals surface area contributed by atoms with Crippen LogP contribution in [0.15, 0.2) is 35.1 Å². The molecule has 0 amide bonds. The van der Waals surface area contributed by atoms with Crippen molar-refractivity contribution in [2.45, 2.75) is 13.5 Å². The number of aromatic nitrogens is 4. The Morgan fingerprint density at radius 3 is 2.31 bits per heavy atom. The number of hydrogen-bond acceptors (Lipinski definition) is 8. The fourth-order valence-electron chi connectivity index (χ4n) is 3.56. The SMILES string of the molecule is COc1cc(C(=O)OCc2nnc3n(C)c(=O)c4cc(C)ccc4n23)cc(OC)c1OC. The molecule has 10 nitrogen and oxygen atoms in total. The van der Waals surface area contributed by atoms with Gasteiger partial charge in [0.25, 0.3) is 5.56 Å². The van der Waals surface area contributed by atoms with Gasteiger partial charge >= 0.3 is 5.97 Å². The van der Waals surface area contributed by atoms with Gasteiger partial charge in [-0.05, 0) is 31.2 Å². The summed E-state index contributed by atoms with van der Waals surface area (Å²) in [6.45, 7) is 1.76. The maximum Gasteiger partial charge on any atom is 0.338 e. The van der Waals surface area contributed by atoms with E-state index in [1.807, 2.05) is 25.1 Å². The zero-order chi connectivity index (χ0) is 23.0. The largest absolute Gasteiger partial charge is 0.493 e. The van der Waals surface area contributed by atoms with Gasteiger partial charge < -0.3 is 18.9 Å². The second kappa shape index (κ2) is 8.22. The van der Waals surface area contributed by atoms with Crippen molar-refractivity contribution in [2.75, 3.05) is 21.3 Å². The summed E-state index contributed by atoms with van der Waals surface area (Å²) in [6.07, 6.45) is 0. The first-order valence-electron chi connectivity index (χ1n) is 9.70. The Morgan fingerprint density at radius 1 is 1.00 bits per heavy atom. The number of nitrogens with zero attached hydrogens (tertiary/aromatic N) is 4. The zero-order valence-electron chi connectivity index (χ0n) is 18.3. The number of ether oxygens (including phenoxy) is 4. The standard InChI is InChI=1S/C22H22N4O6/c1-12-6-7-15-14(8-12)20(27)25(2)22-24-23-18(26(15)22)11-32-21(28)13-9-16(29-3)19(31-5)17(10-13)30-4/h6-10H,11H2,1-5H3. The maximum absolute atomic E-state index is 12.8. The Morgan fingerprint density at radius 2 is 1.69 bits per heavy atom. The Bertz CT molecular complexity index is 1380. The minimum Gasteiger partial charge on any atom is -0.493 e. The second-order valence-electron chi connectivity index (χ2n) is 7.13. The average Bonchev–Trinajstić information content (AvgIpc) is 3.23. The Balaban J connectivity index is 1.71. The predicted octanol–water partition coefficient (Wildman–Crippen LogP) is 2.27. The summed E-state index contributed by atoms with van der Waals surface area (Å²) in [4.78, 5) is 25.4. The molecule has 10 heteroatoms. The van der Waals surface area contributed by atoms with Crippen molar-refractivity contribution in [3.63, 3.8) is 0 Å². The van der Waals surface area contributed by atoms with Gasteiger partial charge in [-0.3, -0.25) is 13.8 Å². The minimum absolute atomic E-state index is 0.155. The van der Waals surface area contributed by atoms with E-state index >= 15 is 0 Å². The summed E-state index contributed by atoms with van der Waals surface area (Å²) in [5.41, 5.74) is 1.64. The first-order chi connectivity index (χ1) is 15.4. The van der Waals surface area contributed by atoms with E-state index < -0.39 is 5.97 Å². The molecule has 166 valence electrons. The highest BCUT2D eigenvalue weighted by Gasteiger charge is 2.20. The average molecular weight is 438 g/mol. The monoisotopic (exact) mass is 438 g/mol. The third kappa shape index (κ3) is 3.39. The number of benzene rings is 2. The molecule has 0 spiro atoms. The molecule has 4 aromatic rings. The summed E-state index contributed by atoms with van der Waals surface area (Å²) in [5.74, 6) is 1.17. The van der Waals surface area contributed by atoms with E-state index in [-0.39, 0.29) is 17.7 Å². The molecular formula is C22H22N4O6. The van der Waals surface area contributed by atoms with Crippen LogP contribution in [0.3, 0.4) is 0 Å². The van der Waals surface area contributed by atoms with Gasteiger partial charge in [-0.2, -0.15) is 0 Å². The fourth-order valence-corrected chi connectivity index (χ4v) is 3.56. The van der Waals surface area contributed by atoms with Crippen LogP contribution >= 0.6 is 0 Å². The first-order valence-corrected chi connectivity index (χ1v) is 9.70. The highest BCUT2D eigenvalue weighted by molar-refractivity contribution is 5.91. The van der Waals surface area contributed by atoms with Crippen molar-refractivity contribution >= 4 is 22.6 Å². The van der Waals surface area contributed by atoms with Crippen molar-refractivity contribution in [3.05, 3.63) is 57.6 Å². The van der Waals surface area contributed by atoms with Crippen molar-refractivity contribution in [2.24, 2.45) is 7.05 Å². The number of esters is 1. The molecule has 0 aliphatic heterocycles. The number of methoxy groups -OCH3 is 3. The smallest absolute Gasteiger partial charge is 0.338 e. The quantitative estimate of drug-likeness (QED) is 0.422. The van der Waals surface area contributed by atoms with E-state index in [1.165, 1.54) is 38.0 Å². The Kier molecular flexibility index (Phi) is 5.43. The number of aryl methyl sites for hydroxylation is 2. The molecule has 0 fully saturated rings. The molecule has 0 bridgehead atoms. The van der Waals surface area contributed by atoms with E-state index in [4.69, 9.17) is 18.9 Å². The molecular weight excluding hydrogens is 416 g/mol. The van der Waals surface area contributed by atoms with E-state index in [0.29, 0.717) is 39.8 Å². The summed E-state index contributed by atoms with van der Waals surface area (Å²) in [5, 5.41) is 8.77. The summed E-state index contributed by atoms with van der Waals surface area (Å²) >= 11 is 0. The highest BCUT2D eigenvalue weighted by atomic mass is 16.5. The van der Waals surface area contributed by atoms with E-state index in [0.717, 1.165) is 5.56 Å². The van der Waals surface area contributed by atoms with Gasteiger partial charge in [0.2, 0.25) is 11.5 Å². The van der Waals surface area contributed by atoms with Crippen molar-refractivity contribution < 1.29 is 23.7 Å². The molecule has 0 aliphatic rings. The fraction of sp³-hybridized carbons (Fsp3) is 0.273. The van der Waals surface area contributed by atoms with Crippen LogP contribution in [0.5, 0.6) is 17.2 Å². The molecule has 2 heterocycles. The lowest BCUT2D eigenvalue weighted by molar-refractivity contribution is 0.0460. The van der Waals surface area contributed by atoms with Crippen LogP contribution in [0, 0.1) is 6.92 Å². The van der Waals surface area contributed by atoms with Gasteiger partial charge in [-0.1, -0.05) is 11.6 Å². The van der Waals surface area contributed by atoms with Crippen LogP contribution in [0.4, 0.5) is 0 Å². The molecule has 4 rings (SSSR count). The lowest BCUT2D eigenvalue weighted by Crippen LogP contribution is -2.20. The van der Waals surface area contributed by atoms with Gasteiger partial charge in [-0.25, -0.2) is 4.79 Å². The number of carbonyl (C=O) groups is 1. The van der Waals surface area contributed by atoms with Crippen LogP contribution in [0.25, 0.3) is 16.7 Å². The van der Waals surface area contributed by atoms with Crippen LogP contribution in [-0.4, -0.2) is 46.5 Å². The molecule has 0 radical (unpaired) electrons. The van der Waals surface area contributed by atoms with Gasteiger partial charge in [0.15, 0.2) is 23.9 Å². The summed E-state index contributed by atoms with van der Waals surface area (Å²) in [7, 11) is 6.03. The predicted molar refractivity (Wildman–Crippen MR) is 116 cm³/mol. The molecule has 0 N–H and O–H groups in total. The Hall–Kier alpha value is -4.08. The number of hydrogen-bond donors (Lipinski definition) is 0. The minimum atomic E-state index is -0.606. The second-order valence-corrected chi connectivity index (χ2v) is 7.13. The van der Waals surface area contributed by atoms with E-state index in [2.05, 4.69) is 10.2 Å². The molecule has 2 aromatic heterocycles. The third-order valence-electron chi connectivity index (χ3n) is 5.17. The number of carbonyl (C=O) groups excluding carboxylic acids is 1. The normalized spacial score (nSPS) is 11.0. The van der Waals surface area contributed by atoms with Crippen LogP contribution in [0.2, 0.25) is 0 Å². The highest BCUT2D eigenvalue weighted by Crippen LogP contribution is 2.38. The van der Waals surface area contributed by atoms with Crippen LogP contribution in [-0.2, 0) is 18.4 Å². The lowest BCUT2D eigenvalue weighted by atomic mass is 10.1. The van der Waals surface area contributed by atoms with Crippen LogP contribution < -0.4 is 19.8 Å². The third-order valence-corrected chi connectivity index (χ3v) is 5.17. The molecule has 0 atom stereocenters. The molecule has 0 unspecified atom stereocenters. The lowest BCUT2D eigenvalue weighted by Gasteiger charge is -2.13. The van der Waals surface area contributed by atoms with E-state index in [9.17, 15) is 9.59 Å². The van der Waals surface area contributed by atoms with Crippen molar-refractivity contribution in [3.8, 4) is 17.2 Å². The summed E-state index contributed by atoms with van der Waals surface area (Å²) < 4.78 is 24.5. The molecule has 32 heavy (non-hydrogen) atoms. The summed E-state index contributed by atoms with van der Waals surface area (Å²) in [6, 6.07) is 8.55. The molecule has 0 saturated heterocycles. The maximum atomic E-state index is 12.8. The van der Waals surface area contributed by atoms with Gasteiger partial charge in [0.1, 0.15) is 0 Å². The van der Waals surface area contributed by atoms with E-state index in [1.54, 1.807) is 11.4 Å². The molecule has 0 saturated carbocycles. The topological polar surface area (TPSA) is 106 Å². The van der Waals surface area contributed by atoms with Gasteiger partial charge in [0, 0.05) is 7.05 Å². The van der Waals surface area contributed by atoms with Crippen LogP contribution in [0.1, 0.15) is 21.7 Å². The molecule has 0 aliphatic carbocycles. The Labute approximate surface area is 182 Å².